The lowest BCUT2D eigenvalue weighted by atomic mass is 10.1. The van der Waals surface area contributed by atoms with Gasteiger partial charge >= 0.3 is 0 Å². The molecule has 2 N–H and O–H groups in total. The summed E-state index contributed by atoms with van der Waals surface area (Å²) in [5.74, 6) is 2.02. The van der Waals surface area contributed by atoms with Gasteiger partial charge in [0.05, 0.1) is 26.9 Å². The van der Waals surface area contributed by atoms with Crippen molar-refractivity contribution in [1.29, 1.82) is 0 Å². The van der Waals surface area contributed by atoms with Crippen LogP contribution >= 0.6 is 24.0 Å². The third-order valence-corrected chi connectivity index (χ3v) is 5.40. The van der Waals surface area contributed by atoms with Crippen molar-refractivity contribution in [2.45, 2.75) is 20.0 Å². The molecule has 0 aromatic heterocycles. The monoisotopic (exact) mass is 566 g/mol. The molecule has 8 heteroatoms. The van der Waals surface area contributed by atoms with E-state index in [1.165, 1.54) is 5.56 Å². The summed E-state index contributed by atoms with van der Waals surface area (Å²) >= 11 is 0. The summed E-state index contributed by atoms with van der Waals surface area (Å²) in [6.07, 6.45) is 1.09. The van der Waals surface area contributed by atoms with Crippen molar-refractivity contribution in [2.75, 3.05) is 46.4 Å². The Morgan fingerprint density at radius 1 is 1.12 bits per heavy atom. The van der Waals surface area contributed by atoms with E-state index in [9.17, 15) is 4.79 Å². The van der Waals surface area contributed by atoms with Gasteiger partial charge in [-0.1, -0.05) is 30.3 Å². The van der Waals surface area contributed by atoms with Crippen molar-refractivity contribution in [3.8, 4) is 5.75 Å². The average Bonchev–Trinajstić information content (AvgIpc) is 3.30. The number of benzene rings is 2. The van der Waals surface area contributed by atoms with Crippen molar-refractivity contribution in [2.24, 2.45) is 10.9 Å². The van der Waals surface area contributed by atoms with Crippen molar-refractivity contribution in [3.05, 3.63) is 65.7 Å². The number of ether oxygens (including phenoxy) is 2. The van der Waals surface area contributed by atoms with Crippen LogP contribution in [0, 0.1) is 5.92 Å². The fraction of sp³-hybridized carbons (Fsp3) is 0.440. The quantitative estimate of drug-likeness (QED) is 0.199. The number of rotatable bonds is 10. The molecule has 0 spiro atoms. The third kappa shape index (κ3) is 8.85. The van der Waals surface area contributed by atoms with E-state index in [0.29, 0.717) is 31.2 Å². The molecule has 1 aliphatic heterocycles. The maximum atomic E-state index is 12.3. The van der Waals surface area contributed by atoms with Crippen LogP contribution in [0.4, 0.5) is 0 Å². The van der Waals surface area contributed by atoms with Crippen LogP contribution in [0.2, 0.25) is 0 Å². The molecule has 7 nitrogen and oxygen atoms in total. The van der Waals surface area contributed by atoms with Crippen LogP contribution in [0.15, 0.2) is 59.6 Å². The Kier molecular flexibility index (Phi) is 12.0. The van der Waals surface area contributed by atoms with E-state index in [4.69, 9.17) is 14.5 Å². The molecule has 1 unspecified atom stereocenters. The number of halogens is 1. The zero-order valence-corrected chi connectivity index (χ0v) is 21.8. The van der Waals surface area contributed by atoms with Gasteiger partial charge in [-0.25, -0.2) is 0 Å². The van der Waals surface area contributed by atoms with Crippen LogP contribution in [-0.4, -0.2) is 63.2 Å². The molecule has 180 valence electrons. The number of hydrogen-bond acceptors (Lipinski definition) is 4. The van der Waals surface area contributed by atoms with Crippen LogP contribution in [-0.2, 0) is 11.3 Å². The molecule has 0 saturated carbocycles. The first-order valence-corrected chi connectivity index (χ1v) is 11.3. The molecular formula is C25H35IN4O3. The number of carbonyl (C=O) groups excluding carboxylic acids is 1. The number of hydrogen-bond donors (Lipinski definition) is 2. The Hall–Kier alpha value is -2.33. The van der Waals surface area contributed by atoms with Crippen LogP contribution < -0.4 is 15.4 Å². The minimum Gasteiger partial charge on any atom is -0.497 e. The van der Waals surface area contributed by atoms with Gasteiger partial charge in [0.25, 0.3) is 5.91 Å². The zero-order chi connectivity index (χ0) is 22.6. The largest absolute Gasteiger partial charge is 0.497 e. The molecular weight excluding hydrogens is 531 g/mol. The zero-order valence-electron chi connectivity index (χ0n) is 19.5. The summed E-state index contributed by atoms with van der Waals surface area (Å²) in [6, 6.07) is 17.3. The Balaban J connectivity index is 0.00000385. The minimum absolute atomic E-state index is 0. The number of carbonyl (C=O) groups is 1. The van der Waals surface area contributed by atoms with Gasteiger partial charge < -0.3 is 25.0 Å². The minimum atomic E-state index is -0.107. The van der Waals surface area contributed by atoms with Gasteiger partial charge in [-0.2, -0.15) is 0 Å². The maximum absolute atomic E-state index is 12.3. The lowest BCUT2D eigenvalue weighted by Gasteiger charge is -2.21. The maximum Gasteiger partial charge on any atom is 0.251 e. The van der Waals surface area contributed by atoms with E-state index in [2.05, 4.69) is 34.6 Å². The topological polar surface area (TPSA) is 75.2 Å². The van der Waals surface area contributed by atoms with E-state index >= 15 is 0 Å². The number of amides is 1. The van der Waals surface area contributed by atoms with Crippen LogP contribution in [0.5, 0.6) is 5.75 Å². The van der Waals surface area contributed by atoms with Gasteiger partial charge in [-0.05, 0) is 43.2 Å². The summed E-state index contributed by atoms with van der Waals surface area (Å²) in [5, 5.41) is 6.29. The highest BCUT2D eigenvalue weighted by Crippen LogP contribution is 2.17. The third-order valence-electron chi connectivity index (χ3n) is 5.40. The van der Waals surface area contributed by atoms with Gasteiger partial charge in [0, 0.05) is 37.7 Å². The van der Waals surface area contributed by atoms with Crippen LogP contribution in [0.25, 0.3) is 0 Å². The molecule has 0 bridgehead atoms. The molecule has 1 fully saturated rings. The predicted molar refractivity (Wildman–Crippen MR) is 142 cm³/mol. The Morgan fingerprint density at radius 2 is 1.88 bits per heavy atom. The van der Waals surface area contributed by atoms with E-state index < -0.39 is 0 Å². The second kappa shape index (κ2) is 14.7. The van der Waals surface area contributed by atoms with Crippen molar-refractivity contribution >= 4 is 35.8 Å². The summed E-state index contributed by atoms with van der Waals surface area (Å²) in [5.41, 5.74) is 1.81. The molecule has 1 atom stereocenters. The Morgan fingerprint density at radius 3 is 2.58 bits per heavy atom. The number of likely N-dealkylation sites (tertiary alicyclic amines) is 1. The fourth-order valence-corrected chi connectivity index (χ4v) is 3.68. The summed E-state index contributed by atoms with van der Waals surface area (Å²) < 4.78 is 11.1. The van der Waals surface area contributed by atoms with E-state index in [0.717, 1.165) is 44.4 Å². The van der Waals surface area contributed by atoms with Crippen molar-refractivity contribution < 1.29 is 14.3 Å². The molecule has 2 aromatic rings. The van der Waals surface area contributed by atoms with E-state index in [1.807, 2.05) is 18.2 Å². The predicted octanol–water partition coefficient (Wildman–Crippen LogP) is 3.55. The van der Waals surface area contributed by atoms with Crippen LogP contribution in [0.3, 0.4) is 0 Å². The number of aliphatic imine (C=N–C) groups is 1. The number of guanidine groups is 1. The molecule has 33 heavy (non-hydrogen) atoms. The van der Waals surface area contributed by atoms with E-state index in [-0.39, 0.29) is 29.9 Å². The van der Waals surface area contributed by atoms with Gasteiger partial charge in [-0.15, -0.1) is 24.0 Å². The second-order valence-electron chi connectivity index (χ2n) is 7.82. The lowest BCUT2D eigenvalue weighted by molar-refractivity contribution is 0.0906. The second-order valence-corrected chi connectivity index (χ2v) is 7.82. The molecule has 1 amide bonds. The Labute approximate surface area is 214 Å². The highest BCUT2D eigenvalue weighted by Gasteiger charge is 2.25. The van der Waals surface area contributed by atoms with Gasteiger partial charge in [0.15, 0.2) is 5.96 Å². The molecule has 0 aliphatic carbocycles. The summed E-state index contributed by atoms with van der Waals surface area (Å²) in [6.45, 7) is 7.18. The molecule has 1 heterocycles. The van der Waals surface area contributed by atoms with Crippen molar-refractivity contribution in [3.63, 3.8) is 0 Å². The highest BCUT2D eigenvalue weighted by molar-refractivity contribution is 14.0. The van der Waals surface area contributed by atoms with Gasteiger partial charge in [0.1, 0.15) is 5.75 Å². The molecule has 3 rings (SSSR count). The van der Waals surface area contributed by atoms with Gasteiger partial charge in [0.2, 0.25) is 0 Å². The number of methoxy groups -OCH3 is 1. The SMILES string of the molecule is CCNC(=NCCNC(=O)c1ccc(OC)cc1)N1CCC(COCc2ccccc2)C1.I. The first-order valence-electron chi connectivity index (χ1n) is 11.3. The average molecular weight is 566 g/mol. The molecule has 1 saturated heterocycles. The normalized spacial score (nSPS) is 15.6. The van der Waals surface area contributed by atoms with E-state index in [1.54, 1.807) is 31.4 Å². The molecule has 1 aliphatic rings. The molecule has 0 radical (unpaired) electrons. The first-order chi connectivity index (χ1) is 15.7. The van der Waals surface area contributed by atoms with Crippen LogP contribution in [0.1, 0.15) is 29.3 Å². The summed E-state index contributed by atoms with van der Waals surface area (Å²) in [7, 11) is 1.61. The number of nitrogens with zero attached hydrogens (tertiary/aromatic N) is 2. The fourth-order valence-electron chi connectivity index (χ4n) is 3.68. The van der Waals surface area contributed by atoms with Gasteiger partial charge in [-0.3, -0.25) is 9.79 Å². The lowest BCUT2D eigenvalue weighted by Crippen LogP contribution is -2.40. The smallest absolute Gasteiger partial charge is 0.251 e. The number of nitrogens with one attached hydrogen (secondary N) is 2. The Bertz CT molecular complexity index is 862. The van der Waals surface area contributed by atoms with Crippen molar-refractivity contribution in [1.82, 2.24) is 15.5 Å². The highest BCUT2D eigenvalue weighted by atomic mass is 127. The summed E-state index contributed by atoms with van der Waals surface area (Å²) in [4.78, 5) is 19.3. The first kappa shape index (κ1) is 26.9. The standard InChI is InChI=1S/C25H34N4O3.HI/c1-3-26-25(28-15-14-27-24(30)22-9-11-23(31-2)12-10-22)29-16-13-21(17-29)19-32-18-20-7-5-4-6-8-20;/h4-12,21H,3,13-19H2,1-2H3,(H,26,28)(H,27,30);1H. The molecule has 2 aromatic carbocycles.